The van der Waals surface area contributed by atoms with E-state index in [1.807, 2.05) is 24.3 Å². The fraction of sp³-hybridized carbons (Fsp3) is 0.462. The lowest BCUT2D eigenvalue weighted by Gasteiger charge is -2.10. The second kappa shape index (κ2) is 6.66. The van der Waals surface area contributed by atoms with E-state index in [1.165, 1.54) is 11.8 Å². The smallest absolute Gasteiger partial charge is 0.230 e. The number of thioether (sulfide) groups is 1. The van der Waals surface area contributed by atoms with Crippen LogP contribution in [0.2, 0.25) is 0 Å². The molecule has 0 aliphatic carbocycles. The summed E-state index contributed by atoms with van der Waals surface area (Å²) in [5, 5.41) is 2.90. The fourth-order valence-electron chi connectivity index (χ4n) is 1.80. The van der Waals surface area contributed by atoms with Gasteiger partial charge in [0.25, 0.3) is 0 Å². The van der Waals surface area contributed by atoms with Crippen molar-refractivity contribution in [1.29, 1.82) is 0 Å². The maximum atomic E-state index is 11.6. The highest BCUT2D eigenvalue weighted by Gasteiger charge is 2.15. The molecule has 1 saturated heterocycles. The summed E-state index contributed by atoms with van der Waals surface area (Å²) in [4.78, 5) is 12.7. The fourth-order valence-corrected chi connectivity index (χ4v) is 2.53. The molecule has 0 bridgehead atoms. The third-order valence-corrected chi connectivity index (χ3v) is 3.81. The number of nitrogen functional groups attached to an aromatic ring is 1. The Kier molecular flexibility index (Phi) is 4.90. The average Bonchev–Trinajstić information content (AvgIpc) is 2.89. The van der Waals surface area contributed by atoms with Gasteiger partial charge in [0.2, 0.25) is 5.91 Å². The molecule has 0 aromatic heterocycles. The number of nitrogens with two attached hydrogens (primary N) is 1. The van der Waals surface area contributed by atoms with Crippen molar-refractivity contribution in [2.45, 2.75) is 23.8 Å². The molecule has 1 atom stereocenters. The summed E-state index contributed by atoms with van der Waals surface area (Å²) in [7, 11) is 0. The van der Waals surface area contributed by atoms with Crippen LogP contribution in [-0.2, 0) is 9.53 Å². The molecule has 98 valence electrons. The van der Waals surface area contributed by atoms with E-state index in [0.717, 1.165) is 30.0 Å². The molecule has 0 saturated carbocycles. The number of hydrogen-bond donors (Lipinski definition) is 2. The van der Waals surface area contributed by atoms with Crippen molar-refractivity contribution >= 4 is 23.4 Å². The SMILES string of the molecule is Nc1ccc(SCC(=O)NCC2CCCO2)cc1. The van der Waals surface area contributed by atoms with Crippen LogP contribution in [0.5, 0.6) is 0 Å². The lowest BCUT2D eigenvalue weighted by Crippen LogP contribution is -2.32. The molecule has 1 fully saturated rings. The quantitative estimate of drug-likeness (QED) is 0.628. The predicted octanol–water partition coefficient (Wildman–Crippen LogP) is 1.66. The first kappa shape index (κ1) is 13.2. The van der Waals surface area contributed by atoms with Crippen LogP contribution in [0.3, 0.4) is 0 Å². The number of rotatable bonds is 5. The average molecular weight is 266 g/mol. The molecule has 3 N–H and O–H groups in total. The van der Waals surface area contributed by atoms with Crippen LogP contribution >= 0.6 is 11.8 Å². The summed E-state index contributed by atoms with van der Waals surface area (Å²) in [6, 6.07) is 7.53. The third kappa shape index (κ3) is 4.23. The van der Waals surface area contributed by atoms with Gasteiger partial charge in [0.05, 0.1) is 11.9 Å². The van der Waals surface area contributed by atoms with Crippen molar-refractivity contribution in [2.24, 2.45) is 0 Å². The summed E-state index contributed by atoms with van der Waals surface area (Å²) in [5.74, 6) is 0.476. The number of ether oxygens (including phenoxy) is 1. The predicted molar refractivity (Wildman–Crippen MR) is 73.6 cm³/mol. The van der Waals surface area contributed by atoms with Gasteiger partial charge in [-0.3, -0.25) is 4.79 Å². The van der Waals surface area contributed by atoms with Gasteiger partial charge in [-0.25, -0.2) is 0 Å². The molecule has 0 radical (unpaired) electrons. The van der Waals surface area contributed by atoms with E-state index in [9.17, 15) is 4.79 Å². The van der Waals surface area contributed by atoms with Crippen molar-refractivity contribution in [2.75, 3.05) is 24.6 Å². The zero-order chi connectivity index (χ0) is 12.8. The normalized spacial score (nSPS) is 18.8. The highest BCUT2D eigenvalue weighted by atomic mass is 32.2. The molecule has 1 unspecified atom stereocenters. The molecule has 18 heavy (non-hydrogen) atoms. The minimum Gasteiger partial charge on any atom is -0.399 e. The first-order valence-corrected chi connectivity index (χ1v) is 7.09. The number of benzene rings is 1. The van der Waals surface area contributed by atoms with Crippen molar-refractivity contribution in [3.8, 4) is 0 Å². The van der Waals surface area contributed by atoms with Crippen LogP contribution in [0.4, 0.5) is 5.69 Å². The van der Waals surface area contributed by atoms with Gasteiger partial charge in [-0.05, 0) is 37.1 Å². The second-order valence-electron chi connectivity index (χ2n) is 4.30. The minimum absolute atomic E-state index is 0.0484. The molecule has 2 rings (SSSR count). The summed E-state index contributed by atoms with van der Waals surface area (Å²) in [6.45, 7) is 1.45. The van der Waals surface area contributed by atoms with Gasteiger partial charge in [0, 0.05) is 23.7 Å². The largest absolute Gasteiger partial charge is 0.399 e. The van der Waals surface area contributed by atoms with Crippen LogP contribution in [0.25, 0.3) is 0 Å². The standard InChI is InChI=1S/C13H18N2O2S/c14-10-3-5-12(6-4-10)18-9-13(16)15-8-11-2-1-7-17-11/h3-6,11H,1-2,7-9,14H2,(H,15,16). The molecule has 5 heteroatoms. The second-order valence-corrected chi connectivity index (χ2v) is 5.35. The molecule has 1 heterocycles. The maximum Gasteiger partial charge on any atom is 0.230 e. The topological polar surface area (TPSA) is 64.4 Å². The number of carbonyl (C=O) groups excluding carboxylic acids is 1. The zero-order valence-electron chi connectivity index (χ0n) is 10.2. The van der Waals surface area contributed by atoms with Crippen molar-refractivity contribution in [1.82, 2.24) is 5.32 Å². The van der Waals surface area contributed by atoms with E-state index in [2.05, 4.69) is 5.32 Å². The lowest BCUT2D eigenvalue weighted by atomic mass is 10.2. The Morgan fingerprint density at radius 3 is 2.89 bits per heavy atom. The van der Waals surface area contributed by atoms with Crippen molar-refractivity contribution < 1.29 is 9.53 Å². The summed E-state index contributed by atoms with van der Waals surface area (Å²) < 4.78 is 5.44. The molecule has 1 aliphatic heterocycles. The van der Waals surface area contributed by atoms with Crippen molar-refractivity contribution in [3.63, 3.8) is 0 Å². The Bertz CT molecular complexity index is 388. The molecule has 1 aliphatic rings. The van der Waals surface area contributed by atoms with E-state index >= 15 is 0 Å². The number of hydrogen-bond acceptors (Lipinski definition) is 4. The first-order chi connectivity index (χ1) is 8.74. The van der Waals surface area contributed by atoms with E-state index < -0.39 is 0 Å². The number of carbonyl (C=O) groups is 1. The zero-order valence-corrected chi connectivity index (χ0v) is 11.0. The van der Waals surface area contributed by atoms with Crippen LogP contribution in [0, 0.1) is 0 Å². The molecular formula is C13H18N2O2S. The Morgan fingerprint density at radius 2 is 2.22 bits per heavy atom. The van der Waals surface area contributed by atoms with Gasteiger partial charge in [-0.2, -0.15) is 0 Å². The molecular weight excluding hydrogens is 248 g/mol. The monoisotopic (exact) mass is 266 g/mol. The Balaban J connectivity index is 1.66. The highest BCUT2D eigenvalue weighted by molar-refractivity contribution is 8.00. The van der Waals surface area contributed by atoms with Gasteiger partial charge >= 0.3 is 0 Å². The summed E-state index contributed by atoms with van der Waals surface area (Å²) >= 11 is 1.51. The highest BCUT2D eigenvalue weighted by Crippen LogP contribution is 2.18. The third-order valence-electron chi connectivity index (χ3n) is 2.80. The van der Waals surface area contributed by atoms with E-state index in [4.69, 9.17) is 10.5 Å². The molecule has 1 aromatic rings. The summed E-state index contributed by atoms with van der Waals surface area (Å²) in [5.41, 5.74) is 6.34. The number of nitrogens with one attached hydrogen (secondary N) is 1. The van der Waals surface area contributed by atoms with E-state index in [1.54, 1.807) is 0 Å². The Labute approximate surface area is 111 Å². The molecule has 1 amide bonds. The first-order valence-electron chi connectivity index (χ1n) is 6.10. The summed E-state index contributed by atoms with van der Waals surface area (Å²) in [6.07, 6.45) is 2.35. The van der Waals surface area contributed by atoms with Crippen LogP contribution in [0.15, 0.2) is 29.2 Å². The van der Waals surface area contributed by atoms with E-state index in [0.29, 0.717) is 12.3 Å². The number of amides is 1. The van der Waals surface area contributed by atoms with Gasteiger partial charge in [-0.15, -0.1) is 11.8 Å². The molecule has 0 spiro atoms. The minimum atomic E-state index is 0.0484. The Morgan fingerprint density at radius 1 is 1.44 bits per heavy atom. The van der Waals surface area contributed by atoms with E-state index in [-0.39, 0.29) is 12.0 Å². The maximum absolute atomic E-state index is 11.6. The van der Waals surface area contributed by atoms with Crippen LogP contribution in [0.1, 0.15) is 12.8 Å². The van der Waals surface area contributed by atoms with Crippen molar-refractivity contribution in [3.05, 3.63) is 24.3 Å². The number of anilines is 1. The Hall–Kier alpha value is -1.20. The van der Waals surface area contributed by atoms with Gasteiger partial charge in [-0.1, -0.05) is 0 Å². The van der Waals surface area contributed by atoms with Crippen LogP contribution < -0.4 is 11.1 Å². The van der Waals surface area contributed by atoms with Gasteiger partial charge in [0.15, 0.2) is 0 Å². The molecule has 4 nitrogen and oxygen atoms in total. The van der Waals surface area contributed by atoms with Crippen LogP contribution in [-0.4, -0.2) is 30.9 Å². The molecule has 1 aromatic carbocycles. The lowest BCUT2D eigenvalue weighted by molar-refractivity contribution is -0.119. The van der Waals surface area contributed by atoms with Gasteiger partial charge < -0.3 is 15.8 Å². The van der Waals surface area contributed by atoms with Gasteiger partial charge in [0.1, 0.15) is 0 Å².